The summed E-state index contributed by atoms with van der Waals surface area (Å²) in [6.07, 6.45) is 5.86. The van der Waals surface area contributed by atoms with Gasteiger partial charge < -0.3 is 14.7 Å². The van der Waals surface area contributed by atoms with Gasteiger partial charge in [-0.3, -0.25) is 0 Å². The Morgan fingerprint density at radius 1 is 1.00 bits per heavy atom. The van der Waals surface area contributed by atoms with Crippen molar-refractivity contribution in [2.75, 3.05) is 25.6 Å². The standard InChI is InChI=1S/C14H21NO2.C9H8O2/c1-4-5-6-11-17-14(16)12-7-9-13(10-8-12)15(2)3;10-9(11)7-6-8-4-2-1-3-5-8/h7-10H,4-6,11H2,1-3H3;1-7H,(H,10,11). The Morgan fingerprint density at radius 2 is 1.64 bits per heavy atom. The topological polar surface area (TPSA) is 66.8 Å². The molecule has 2 rings (SSSR count). The molecular formula is C23H29NO4. The maximum atomic E-state index is 11.7. The van der Waals surface area contributed by atoms with E-state index < -0.39 is 5.97 Å². The fourth-order valence-corrected chi connectivity index (χ4v) is 2.23. The molecule has 0 saturated heterocycles. The van der Waals surface area contributed by atoms with Crippen LogP contribution in [0.15, 0.2) is 60.7 Å². The number of hydrogen-bond acceptors (Lipinski definition) is 4. The van der Waals surface area contributed by atoms with Gasteiger partial charge in [0, 0.05) is 25.9 Å². The summed E-state index contributed by atoms with van der Waals surface area (Å²) in [5.74, 6) is -1.15. The van der Waals surface area contributed by atoms with Crippen LogP contribution in [0.1, 0.15) is 42.1 Å². The van der Waals surface area contributed by atoms with Gasteiger partial charge in [0.05, 0.1) is 12.2 Å². The SMILES string of the molecule is CCCCCOC(=O)c1ccc(N(C)C)cc1.O=C(O)C=Cc1ccccc1. The van der Waals surface area contributed by atoms with E-state index in [1.807, 2.05) is 61.5 Å². The molecule has 0 saturated carbocycles. The van der Waals surface area contributed by atoms with Crippen molar-refractivity contribution in [3.05, 3.63) is 71.8 Å². The first-order valence-electron chi connectivity index (χ1n) is 9.34. The third kappa shape index (κ3) is 9.57. The summed E-state index contributed by atoms with van der Waals surface area (Å²) in [4.78, 5) is 23.7. The van der Waals surface area contributed by atoms with Gasteiger partial charge in [0.15, 0.2) is 0 Å². The van der Waals surface area contributed by atoms with Crippen molar-refractivity contribution in [1.82, 2.24) is 0 Å². The molecule has 0 radical (unpaired) electrons. The van der Waals surface area contributed by atoms with Gasteiger partial charge >= 0.3 is 11.9 Å². The fraction of sp³-hybridized carbons (Fsp3) is 0.304. The highest BCUT2D eigenvalue weighted by atomic mass is 16.5. The molecule has 0 aromatic heterocycles. The van der Waals surface area contributed by atoms with Crippen LogP contribution in [0.5, 0.6) is 0 Å². The number of rotatable bonds is 8. The minimum absolute atomic E-state index is 0.230. The van der Waals surface area contributed by atoms with Gasteiger partial charge in [0.25, 0.3) is 0 Å². The predicted molar refractivity (Wildman–Crippen MR) is 114 cm³/mol. The minimum Gasteiger partial charge on any atom is -0.478 e. The summed E-state index contributed by atoms with van der Waals surface area (Å²) in [5, 5.41) is 8.29. The summed E-state index contributed by atoms with van der Waals surface area (Å²) in [6.45, 7) is 2.64. The summed E-state index contributed by atoms with van der Waals surface area (Å²) < 4.78 is 5.18. The van der Waals surface area contributed by atoms with Gasteiger partial charge in [-0.15, -0.1) is 0 Å². The molecule has 1 N–H and O–H groups in total. The van der Waals surface area contributed by atoms with Gasteiger partial charge in [-0.1, -0.05) is 50.1 Å². The van der Waals surface area contributed by atoms with Gasteiger partial charge in [0.2, 0.25) is 0 Å². The number of unbranched alkanes of at least 4 members (excludes halogenated alkanes) is 2. The van der Waals surface area contributed by atoms with Crippen LogP contribution in [0.25, 0.3) is 6.08 Å². The third-order valence-electron chi connectivity index (χ3n) is 3.82. The van der Waals surface area contributed by atoms with E-state index in [-0.39, 0.29) is 5.97 Å². The van der Waals surface area contributed by atoms with Crippen molar-refractivity contribution >= 4 is 23.7 Å². The smallest absolute Gasteiger partial charge is 0.338 e. The van der Waals surface area contributed by atoms with Crippen LogP contribution in [0.2, 0.25) is 0 Å². The highest BCUT2D eigenvalue weighted by molar-refractivity contribution is 5.89. The van der Waals surface area contributed by atoms with E-state index in [1.54, 1.807) is 18.2 Å². The van der Waals surface area contributed by atoms with Crippen LogP contribution in [-0.4, -0.2) is 37.7 Å². The maximum absolute atomic E-state index is 11.7. The molecular weight excluding hydrogens is 354 g/mol. The second-order valence-corrected chi connectivity index (χ2v) is 6.37. The molecule has 2 aromatic carbocycles. The lowest BCUT2D eigenvalue weighted by atomic mass is 10.2. The zero-order valence-corrected chi connectivity index (χ0v) is 16.8. The number of ether oxygens (including phenoxy) is 1. The zero-order valence-electron chi connectivity index (χ0n) is 16.8. The molecule has 5 heteroatoms. The number of aliphatic carboxylic acids is 1. The molecule has 0 aliphatic carbocycles. The minimum atomic E-state index is -0.922. The van der Waals surface area contributed by atoms with Gasteiger partial charge in [0.1, 0.15) is 0 Å². The molecule has 2 aromatic rings. The molecule has 0 fully saturated rings. The Labute approximate surface area is 167 Å². The molecule has 0 spiro atoms. The van der Waals surface area contributed by atoms with Crippen molar-refractivity contribution < 1.29 is 19.4 Å². The van der Waals surface area contributed by atoms with Gasteiger partial charge in [-0.05, 0) is 42.3 Å². The average molecular weight is 383 g/mol. The Balaban J connectivity index is 0.000000307. The number of esters is 1. The van der Waals surface area contributed by atoms with E-state index in [0.717, 1.165) is 36.6 Å². The van der Waals surface area contributed by atoms with Crippen LogP contribution in [0.4, 0.5) is 5.69 Å². The van der Waals surface area contributed by atoms with Crippen molar-refractivity contribution in [1.29, 1.82) is 0 Å². The molecule has 0 heterocycles. The van der Waals surface area contributed by atoms with E-state index in [4.69, 9.17) is 9.84 Å². The number of hydrogen-bond donors (Lipinski definition) is 1. The maximum Gasteiger partial charge on any atom is 0.338 e. The van der Waals surface area contributed by atoms with Crippen molar-refractivity contribution in [3.63, 3.8) is 0 Å². The van der Waals surface area contributed by atoms with E-state index >= 15 is 0 Å². The molecule has 0 aliphatic heterocycles. The second kappa shape index (κ2) is 13.1. The van der Waals surface area contributed by atoms with Crippen molar-refractivity contribution in [2.24, 2.45) is 0 Å². The number of nitrogens with zero attached hydrogens (tertiary/aromatic N) is 1. The van der Waals surface area contributed by atoms with Crippen molar-refractivity contribution in [2.45, 2.75) is 26.2 Å². The predicted octanol–water partition coefficient (Wildman–Crippen LogP) is 4.88. The summed E-state index contributed by atoms with van der Waals surface area (Å²) in [5.41, 5.74) is 2.59. The lowest BCUT2D eigenvalue weighted by Gasteiger charge is -2.12. The van der Waals surface area contributed by atoms with E-state index in [2.05, 4.69) is 6.92 Å². The van der Waals surface area contributed by atoms with Crippen LogP contribution in [0, 0.1) is 0 Å². The number of carboxylic acids is 1. The van der Waals surface area contributed by atoms with E-state index in [9.17, 15) is 9.59 Å². The highest BCUT2D eigenvalue weighted by Gasteiger charge is 2.06. The molecule has 150 valence electrons. The third-order valence-corrected chi connectivity index (χ3v) is 3.82. The van der Waals surface area contributed by atoms with E-state index in [0.29, 0.717) is 12.2 Å². The molecule has 0 atom stereocenters. The number of carbonyl (C=O) groups excluding carboxylic acids is 1. The van der Waals surface area contributed by atoms with Crippen LogP contribution in [0.3, 0.4) is 0 Å². The number of benzene rings is 2. The lowest BCUT2D eigenvalue weighted by molar-refractivity contribution is -0.131. The summed E-state index contributed by atoms with van der Waals surface area (Å²) in [6, 6.07) is 16.8. The largest absolute Gasteiger partial charge is 0.478 e. The van der Waals surface area contributed by atoms with Crippen LogP contribution in [-0.2, 0) is 9.53 Å². The first-order valence-corrected chi connectivity index (χ1v) is 9.34. The lowest BCUT2D eigenvalue weighted by Crippen LogP contribution is -2.10. The fourth-order valence-electron chi connectivity index (χ4n) is 2.23. The zero-order chi connectivity index (χ0) is 20.8. The number of carboxylic acid groups (broad SMARTS) is 1. The van der Waals surface area contributed by atoms with Crippen LogP contribution < -0.4 is 4.90 Å². The normalized spacial score (nSPS) is 10.1. The molecule has 0 bridgehead atoms. The first-order chi connectivity index (χ1) is 13.4. The molecule has 0 aliphatic rings. The molecule has 5 nitrogen and oxygen atoms in total. The Kier molecular flexibility index (Phi) is 10.8. The quantitative estimate of drug-likeness (QED) is 0.400. The summed E-state index contributed by atoms with van der Waals surface area (Å²) in [7, 11) is 3.94. The average Bonchev–Trinajstić information content (AvgIpc) is 2.71. The van der Waals surface area contributed by atoms with Gasteiger partial charge in [-0.2, -0.15) is 0 Å². The second-order valence-electron chi connectivity index (χ2n) is 6.37. The first kappa shape index (κ1) is 23.0. The molecule has 0 unspecified atom stereocenters. The van der Waals surface area contributed by atoms with Crippen LogP contribution >= 0.6 is 0 Å². The molecule has 28 heavy (non-hydrogen) atoms. The Morgan fingerprint density at radius 3 is 2.18 bits per heavy atom. The van der Waals surface area contributed by atoms with E-state index in [1.165, 1.54) is 0 Å². The highest BCUT2D eigenvalue weighted by Crippen LogP contribution is 2.13. The summed E-state index contributed by atoms with van der Waals surface area (Å²) >= 11 is 0. The van der Waals surface area contributed by atoms with Gasteiger partial charge in [-0.25, -0.2) is 9.59 Å². The molecule has 0 amide bonds. The Bertz CT molecular complexity index is 737. The Hall–Kier alpha value is -3.08. The van der Waals surface area contributed by atoms with Crippen molar-refractivity contribution in [3.8, 4) is 0 Å². The number of carbonyl (C=O) groups is 2. The number of anilines is 1. The monoisotopic (exact) mass is 383 g/mol.